The third kappa shape index (κ3) is 5.49. The van der Waals surface area contributed by atoms with E-state index in [1.54, 1.807) is 6.20 Å². The molecule has 1 fully saturated rings. The maximum Gasteiger partial charge on any atom is 0.490 e. The lowest BCUT2D eigenvalue weighted by Gasteiger charge is -2.19. The molecule has 1 aliphatic heterocycles. The van der Waals surface area contributed by atoms with Crippen LogP contribution in [0.25, 0.3) is 11.5 Å². The molecule has 1 unspecified atom stereocenters. The maximum atomic E-state index is 10.6. The molecule has 3 rings (SSSR count). The molecule has 7 nitrogen and oxygen atoms in total. The van der Waals surface area contributed by atoms with Gasteiger partial charge in [0.25, 0.3) is 0 Å². The van der Waals surface area contributed by atoms with E-state index in [9.17, 15) is 13.2 Å². The highest BCUT2D eigenvalue weighted by Crippen LogP contribution is 2.28. The van der Waals surface area contributed by atoms with Crippen LogP contribution in [0.3, 0.4) is 0 Å². The number of halogens is 3. The van der Waals surface area contributed by atoms with Gasteiger partial charge in [0.2, 0.25) is 11.7 Å². The second-order valence-corrected chi connectivity index (χ2v) is 6.50. The largest absolute Gasteiger partial charge is 0.490 e. The predicted octanol–water partition coefficient (Wildman–Crippen LogP) is 3.27. The Morgan fingerprint density at radius 3 is 2.59 bits per heavy atom. The molecule has 2 aromatic rings. The molecule has 0 saturated carbocycles. The Balaban J connectivity index is 0.000000321. The van der Waals surface area contributed by atoms with E-state index in [2.05, 4.69) is 33.9 Å². The number of rotatable bonds is 3. The van der Waals surface area contributed by atoms with Gasteiger partial charge in [-0.25, -0.2) is 4.79 Å². The highest BCUT2D eigenvalue weighted by Gasteiger charge is 2.38. The van der Waals surface area contributed by atoms with Gasteiger partial charge in [-0.1, -0.05) is 11.2 Å². The number of carbonyl (C=O) groups is 1. The average molecular weight is 386 g/mol. The molecule has 0 amide bonds. The number of pyridine rings is 1. The molecule has 148 valence electrons. The van der Waals surface area contributed by atoms with E-state index in [-0.39, 0.29) is 0 Å². The summed E-state index contributed by atoms with van der Waals surface area (Å²) in [6.07, 6.45) is -2.24. The van der Waals surface area contributed by atoms with Gasteiger partial charge in [0.05, 0.1) is 5.92 Å². The van der Waals surface area contributed by atoms with Crippen molar-refractivity contribution in [2.45, 2.75) is 45.3 Å². The van der Waals surface area contributed by atoms with Crippen LogP contribution in [-0.4, -0.2) is 56.4 Å². The summed E-state index contributed by atoms with van der Waals surface area (Å²) in [6, 6.07) is 4.49. The summed E-state index contributed by atoms with van der Waals surface area (Å²) in [6.45, 7) is 8.55. The van der Waals surface area contributed by atoms with Crippen LogP contribution in [-0.2, 0) is 4.79 Å². The Morgan fingerprint density at radius 1 is 1.41 bits per heavy atom. The van der Waals surface area contributed by atoms with Crippen LogP contribution in [0.15, 0.2) is 22.9 Å². The topological polar surface area (TPSA) is 92.4 Å². The zero-order valence-corrected chi connectivity index (χ0v) is 15.2. The number of hydrogen-bond donors (Lipinski definition) is 1. The third-order valence-electron chi connectivity index (χ3n) is 4.20. The molecule has 2 aromatic heterocycles. The Labute approximate surface area is 154 Å². The van der Waals surface area contributed by atoms with Crippen LogP contribution in [0.1, 0.15) is 37.6 Å². The van der Waals surface area contributed by atoms with Crippen LogP contribution >= 0.6 is 0 Å². The highest BCUT2D eigenvalue weighted by molar-refractivity contribution is 5.73. The molecule has 10 heteroatoms. The molecule has 1 N–H and O–H groups in total. The van der Waals surface area contributed by atoms with Crippen molar-refractivity contribution < 1.29 is 27.6 Å². The zero-order valence-electron chi connectivity index (χ0n) is 15.2. The van der Waals surface area contributed by atoms with E-state index in [4.69, 9.17) is 14.4 Å². The molecule has 0 aliphatic carbocycles. The first kappa shape index (κ1) is 20.8. The lowest BCUT2D eigenvalue weighted by atomic mass is 10.1. The number of hydrogen-bond acceptors (Lipinski definition) is 6. The summed E-state index contributed by atoms with van der Waals surface area (Å²) in [5, 5.41) is 11.2. The van der Waals surface area contributed by atoms with Crippen molar-refractivity contribution >= 4 is 5.97 Å². The van der Waals surface area contributed by atoms with Crippen LogP contribution in [0, 0.1) is 6.92 Å². The SMILES string of the molecule is Cc1cccnc1-c1noc(C2CCN(C(C)C)C2)n1.O=C(O)C(F)(F)F. The van der Waals surface area contributed by atoms with E-state index in [1.807, 2.05) is 19.1 Å². The van der Waals surface area contributed by atoms with Crippen molar-refractivity contribution in [2.75, 3.05) is 13.1 Å². The van der Waals surface area contributed by atoms with E-state index in [0.717, 1.165) is 36.7 Å². The van der Waals surface area contributed by atoms with E-state index >= 15 is 0 Å². The van der Waals surface area contributed by atoms with Crippen LogP contribution in [0.4, 0.5) is 13.2 Å². The van der Waals surface area contributed by atoms with Gasteiger partial charge in [0, 0.05) is 18.8 Å². The molecule has 3 heterocycles. The minimum absolute atomic E-state index is 0.350. The fourth-order valence-electron chi connectivity index (χ4n) is 2.67. The zero-order chi connectivity index (χ0) is 20.2. The van der Waals surface area contributed by atoms with E-state index in [1.165, 1.54) is 0 Å². The number of nitrogens with zero attached hydrogens (tertiary/aromatic N) is 4. The van der Waals surface area contributed by atoms with Crippen LogP contribution in [0.5, 0.6) is 0 Å². The molecule has 0 bridgehead atoms. The van der Waals surface area contributed by atoms with Gasteiger partial charge < -0.3 is 14.5 Å². The van der Waals surface area contributed by atoms with Crippen molar-refractivity contribution in [3.63, 3.8) is 0 Å². The van der Waals surface area contributed by atoms with Crippen molar-refractivity contribution in [3.8, 4) is 11.5 Å². The van der Waals surface area contributed by atoms with E-state index < -0.39 is 12.1 Å². The average Bonchev–Trinajstić information content (AvgIpc) is 3.24. The van der Waals surface area contributed by atoms with Gasteiger partial charge >= 0.3 is 12.1 Å². The molecular formula is C17H21F3N4O3. The first-order valence-corrected chi connectivity index (χ1v) is 8.39. The summed E-state index contributed by atoms with van der Waals surface area (Å²) in [4.78, 5) is 20.2. The lowest BCUT2D eigenvalue weighted by Crippen LogP contribution is -2.27. The summed E-state index contributed by atoms with van der Waals surface area (Å²) in [5.74, 6) is -1.07. The monoisotopic (exact) mass is 386 g/mol. The quantitative estimate of drug-likeness (QED) is 0.865. The van der Waals surface area contributed by atoms with Gasteiger partial charge in [0.1, 0.15) is 5.69 Å². The minimum atomic E-state index is -5.08. The Morgan fingerprint density at radius 2 is 2.07 bits per heavy atom. The molecule has 0 radical (unpaired) electrons. The summed E-state index contributed by atoms with van der Waals surface area (Å²) >= 11 is 0. The minimum Gasteiger partial charge on any atom is -0.475 e. The number of aliphatic carboxylic acids is 1. The normalized spacial score (nSPS) is 17.7. The van der Waals surface area contributed by atoms with Gasteiger partial charge in [-0.3, -0.25) is 4.98 Å². The number of aryl methyl sites for hydroxylation is 1. The first-order chi connectivity index (χ1) is 12.6. The lowest BCUT2D eigenvalue weighted by molar-refractivity contribution is -0.192. The number of carboxylic acids is 1. The van der Waals surface area contributed by atoms with Crippen molar-refractivity contribution in [1.82, 2.24) is 20.0 Å². The predicted molar refractivity (Wildman–Crippen MR) is 90.0 cm³/mol. The van der Waals surface area contributed by atoms with Crippen LogP contribution < -0.4 is 0 Å². The Bertz CT molecular complexity index is 777. The third-order valence-corrected chi connectivity index (χ3v) is 4.20. The molecule has 1 aliphatic rings. The maximum absolute atomic E-state index is 10.6. The van der Waals surface area contributed by atoms with Crippen LogP contribution in [0.2, 0.25) is 0 Å². The molecule has 27 heavy (non-hydrogen) atoms. The van der Waals surface area contributed by atoms with Gasteiger partial charge in [0.15, 0.2) is 0 Å². The fraction of sp³-hybridized carbons (Fsp3) is 0.529. The summed E-state index contributed by atoms with van der Waals surface area (Å²) < 4.78 is 37.2. The van der Waals surface area contributed by atoms with Gasteiger partial charge in [-0.05, 0) is 45.4 Å². The van der Waals surface area contributed by atoms with Gasteiger partial charge in [-0.15, -0.1) is 0 Å². The number of aromatic nitrogens is 3. The number of carboxylic acid groups (broad SMARTS) is 1. The number of likely N-dealkylation sites (tertiary alicyclic amines) is 1. The molecule has 0 spiro atoms. The second kappa shape index (κ2) is 8.47. The van der Waals surface area contributed by atoms with E-state index in [0.29, 0.717) is 17.8 Å². The molecule has 0 aromatic carbocycles. The second-order valence-electron chi connectivity index (χ2n) is 6.50. The summed E-state index contributed by atoms with van der Waals surface area (Å²) in [7, 11) is 0. The smallest absolute Gasteiger partial charge is 0.475 e. The van der Waals surface area contributed by atoms with Crippen molar-refractivity contribution in [3.05, 3.63) is 29.8 Å². The summed E-state index contributed by atoms with van der Waals surface area (Å²) in [5.41, 5.74) is 1.87. The Kier molecular flexibility index (Phi) is 6.53. The standard InChI is InChI=1S/C15H20N4O.C2HF3O2/c1-10(2)19-8-6-12(9-19)15-17-14(18-20-15)13-11(3)5-4-7-16-13;3-2(4,5)1(6)7/h4-5,7,10,12H,6,8-9H2,1-3H3;(H,6,7). The molecular weight excluding hydrogens is 365 g/mol. The Hall–Kier alpha value is -2.49. The first-order valence-electron chi connectivity index (χ1n) is 8.39. The van der Waals surface area contributed by atoms with Crippen molar-refractivity contribution in [2.24, 2.45) is 0 Å². The molecule has 1 saturated heterocycles. The fourth-order valence-corrected chi connectivity index (χ4v) is 2.67. The highest BCUT2D eigenvalue weighted by atomic mass is 19.4. The molecule has 1 atom stereocenters. The van der Waals surface area contributed by atoms with Crippen molar-refractivity contribution in [1.29, 1.82) is 0 Å². The van der Waals surface area contributed by atoms with Gasteiger partial charge in [-0.2, -0.15) is 18.2 Å². The number of alkyl halides is 3.